The van der Waals surface area contributed by atoms with Crippen molar-refractivity contribution in [3.8, 4) is 0 Å². The minimum atomic E-state index is -2.96. The fourth-order valence-corrected chi connectivity index (χ4v) is 2.52. The molecule has 0 spiro atoms. The molecule has 1 saturated heterocycles. The number of nitrogens with one attached hydrogen (secondary N) is 1. The lowest BCUT2D eigenvalue weighted by atomic mass is 9.88. The Bertz CT molecular complexity index is 436. The van der Waals surface area contributed by atoms with Crippen molar-refractivity contribution in [1.82, 2.24) is 5.32 Å². The van der Waals surface area contributed by atoms with E-state index in [1.54, 1.807) is 0 Å². The number of aliphatic hydroxyl groups excluding tert-OH is 4. The van der Waals surface area contributed by atoms with Crippen molar-refractivity contribution in [3.05, 3.63) is 0 Å². The molecule has 0 aromatic rings. The fourth-order valence-electron chi connectivity index (χ4n) is 2.16. The number of ether oxygens (including phenoxy) is 1. The van der Waals surface area contributed by atoms with Crippen LogP contribution in [-0.4, -0.2) is 90.6 Å². The molecule has 0 radical (unpaired) electrons. The molecule has 2 unspecified atom stereocenters. The molecular formula is C11H19NO9S. The van der Waals surface area contributed by atoms with Crippen molar-refractivity contribution in [3.63, 3.8) is 0 Å². The van der Waals surface area contributed by atoms with E-state index in [1.807, 2.05) is 0 Å². The zero-order chi connectivity index (χ0) is 17.2. The van der Waals surface area contributed by atoms with E-state index in [-0.39, 0.29) is 0 Å². The third kappa shape index (κ3) is 3.51. The first-order valence-electron chi connectivity index (χ1n) is 6.30. The molecule has 0 aliphatic carbocycles. The molecule has 1 aliphatic rings. The third-order valence-electron chi connectivity index (χ3n) is 3.36. The number of hydrogen-bond acceptors (Lipinski definition) is 9. The second kappa shape index (κ2) is 7.08. The van der Waals surface area contributed by atoms with Gasteiger partial charge in [0.25, 0.3) is 5.79 Å². The van der Waals surface area contributed by atoms with Crippen molar-refractivity contribution in [2.45, 2.75) is 48.4 Å². The van der Waals surface area contributed by atoms with Gasteiger partial charge in [0.05, 0.1) is 24.0 Å². The smallest absolute Gasteiger partial charge is 0.365 e. The molecule has 7 atom stereocenters. The Hall–Kier alpha value is -0.950. The predicted molar refractivity (Wildman–Crippen MR) is 72.9 cm³/mol. The fraction of sp³-hybridized carbons (Fsp3) is 0.818. The predicted octanol–water partition coefficient (Wildman–Crippen LogP) is -3.96. The average molecular weight is 341 g/mol. The number of aliphatic carboxylic acids is 1. The van der Waals surface area contributed by atoms with Crippen LogP contribution in [0.4, 0.5) is 0 Å². The van der Waals surface area contributed by atoms with Gasteiger partial charge in [-0.25, -0.2) is 4.79 Å². The normalized spacial score (nSPS) is 38.1. The topological polar surface area (TPSA) is 177 Å². The van der Waals surface area contributed by atoms with E-state index < -0.39 is 60.0 Å². The summed E-state index contributed by atoms with van der Waals surface area (Å²) in [7, 11) is 0. The number of thiol groups is 1. The first kappa shape index (κ1) is 19.1. The summed E-state index contributed by atoms with van der Waals surface area (Å²) in [5.74, 6) is -5.47. The van der Waals surface area contributed by atoms with Crippen LogP contribution in [0.15, 0.2) is 0 Å². The molecule has 0 aromatic heterocycles. The van der Waals surface area contributed by atoms with E-state index in [2.05, 4.69) is 17.9 Å². The Kier molecular flexibility index (Phi) is 6.15. The van der Waals surface area contributed by atoms with Crippen LogP contribution in [0, 0.1) is 0 Å². The van der Waals surface area contributed by atoms with Crippen LogP contribution in [0.25, 0.3) is 0 Å². The summed E-state index contributed by atoms with van der Waals surface area (Å²) in [5, 5.41) is 57.9. The minimum absolute atomic E-state index is 0.635. The van der Waals surface area contributed by atoms with Crippen LogP contribution < -0.4 is 5.32 Å². The highest BCUT2D eigenvalue weighted by molar-refractivity contribution is 7.81. The van der Waals surface area contributed by atoms with Gasteiger partial charge < -0.3 is 40.7 Å². The van der Waals surface area contributed by atoms with Gasteiger partial charge in [-0.3, -0.25) is 4.79 Å². The molecule has 1 amide bonds. The van der Waals surface area contributed by atoms with Gasteiger partial charge in [-0.05, 0) is 0 Å². The maximum atomic E-state index is 11.2. The number of carbonyl (C=O) groups is 2. The number of rotatable bonds is 5. The quantitative estimate of drug-likeness (QED) is 0.232. The molecule has 0 aromatic carbocycles. The summed E-state index contributed by atoms with van der Waals surface area (Å²) >= 11 is 3.79. The molecule has 1 heterocycles. The van der Waals surface area contributed by atoms with Gasteiger partial charge in [-0.1, -0.05) is 0 Å². The lowest BCUT2D eigenvalue weighted by Gasteiger charge is -2.47. The summed E-state index contributed by atoms with van der Waals surface area (Å²) in [4.78, 5) is 22.3. The molecule has 128 valence electrons. The van der Waals surface area contributed by atoms with Gasteiger partial charge in [0.1, 0.15) is 18.3 Å². The van der Waals surface area contributed by atoms with E-state index in [0.717, 1.165) is 6.92 Å². The van der Waals surface area contributed by atoms with Crippen molar-refractivity contribution in [2.75, 3.05) is 6.61 Å². The van der Waals surface area contributed by atoms with Crippen LogP contribution in [-0.2, 0) is 14.3 Å². The summed E-state index contributed by atoms with van der Waals surface area (Å²) in [6.45, 7) is 0.212. The van der Waals surface area contributed by atoms with Crippen molar-refractivity contribution in [1.29, 1.82) is 0 Å². The molecule has 1 aliphatic heterocycles. The monoisotopic (exact) mass is 341 g/mol. The van der Waals surface area contributed by atoms with Gasteiger partial charge in [0.15, 0.2) is 0 Å². The maximum Gasteiger partial charge on any atom is 0.365 e. The van der Waals surface area contributed by atoms with Gasteiger partial charge in [-0.2, -0.15) is 12.6 Å². The second-order valence-corrected chi connectivity index (χ2v) is 5.54. The number of amides is 1. The van der Waals surface area contributed by atoms with Crippen molar-refractivity contribution in [2.24, 2.45) is 0 Å². The average Bonchev–Trinajstić information content (AvgIpc) is 2.45. The summed E-state index contributed by atoms with van der Waals surface area (Å²) in [5.41, 5.74) is 0. The first-order valence-corrected chi connectivity index (χ1v) is 6.81. The van der Waals surface area contributed by atoms with Crippen LogP contribution in [0.1, 0.15) is 6.92 Å². The summed E-state index contributed by atoms with van der Waals surface area (Å²) in [6.07, 6.45) is -7.05. The Labute approximate surface area is 130 Å². The van der Waals surface area contributed by atoms with Crippen molar-refractivity contribution < 1.29 is 45.0 Å². The lowest BCUT2D eigenvalue weighted by molar-refractivity contribution is -0.290. The highest BCUT2D eigenvalue weighted by atomic mass is 32.1. The van der Waals surface area contributed by atoms with Gasteiger partial charge in [0, 0.05) is 6.92 Å². The van der Waals surface area contributed by atoms with E-state index in [4.69, 9.17) is 14.9 Å². The molecule has 1 fully saturated rings. The molecule has 0 saturated carbocycles. The van der Waals surface area contributed by atoms with Crippen LogP contribution in [0.2, 0.25) is 0 Å². The third-order valence-corrected chi connectivity index (χ3v) is 4.01. The number of carbonyl (C=O) groups excluding carboxylic acids is 1. The van der Waals surface area contributed by atoms with E-state index in [9.17, 15) is 30.0 Å². The molecule has 7 N–H and O–H groups in total. The minimum Gasteiger partial charge on any atom is -0.477 e. The summed E-state index contributed by atoms with van der Waals surface area (Å²) < 4.78 is 4.90. The van der Waals surface area contributed by atoms with E-state index >= 15 is 0 Å². The molecule has 11 heteroatoms. The molecule has 1 rings (SSSR count). The van der Waals surface area contributed by atoms with Crippen LogP contribution in [0.3, 0.4) is 0 Å². The molecule has 22 heavy (non-hydrogen) atoms. The van der Waals surface area contributed by atoms with E-state index in [1.165, 1.54) is 0 Å². The number of carboxylic acid groups (broad SMARTS) is 1. The zero-order valence-electron chi connectivity index (χ0n) is 11.5. The Morgan fingerprint density at radius 3 is 2.36 bits per heavy atom. The van der Waals surface area contributed by atoms with Gasteiger partial charge >= 0.3 is 5.97 Å². The first-order chi connectivity index (χ1) is 10.1. The highest BCUT2D eigenvalue weighted by Gasteiger charge is 2.59. The van der Waals surface area contributed by atoms with Crippen molar-refractivity contribution >= 4 is 24.5 Å². The molecule has 0 bridgehead atoms. The van der Waals surface area contributed by atoms with Gasteiger partial charge in [-0.15, -0.1) is 0 Å². The van der Waals surface area contributed by atoms with E-state index in [0.29, 0.717) is 0 Å². The van der Waals surface area contributed by atoms with Crippen LogP contribution in [0.5, 0.6) is 0 Å². The highest BCUT2D eigenvalue weighted by Crippen LogP contribution is 2.34. The Balaban J connectivity index is 3.19. The molecular weight excluding hydrogens is 322 g/mol. The zero-order valence-corrected chi connectivity index (χ0v) is 12.4. The Morgan fingerprint density at radius 1 is 1.41 bits per heavy atom. The summed E-state index contributed by atoms with van der Waals surface area (Å²) in [6, 6.07) is -1.36. The lowest BCUT2D eigenvalue weighted by Crippen LogP contribution is -2.72. The van der Waals surface area contributed by atoms with Gasteiger partial charge in [0.2, 0.25) is 5.91 Å². The largest absolute Gasteiger partial charge is 0.477 e. The Morgan fingerprint density at radius 2 is 1.95 bits per heavy atom. The standard InChI is InChI=1S/C11H19NO9S/c1-3(14)12-5-7(17)9(22)11(20,10(18)19)21-8(5)6(16)4(15)2-13/h4-9,13,15-17,20,22H,2H2,1H3,(H,12,14)(H,18,19)/t4-,5-,6?,7-,8-,9?,11-/m1/s1. The SMILES string of the molecule is CC(=O)N[C@@H]1[C@@H](O)C(S)[C@](O)(C(=O)O)O[C@H]1C(O)[C@H](O)CO. The number of carboxylic acids is 1. The number of hydrogen-bond donors (Lipinski definition) is 8. The number of aliphatic hydroxyl groups is 5. The van der Waals surface area contributed by atoms with Crippen LogP contribution >= 0.6 is 12.6 Å². The molecule has 10 nitrogen and oxygen atoms in total. The maximum absolute atomic E-state index is 11.2. The second-order valence-electron chi connectivity index (χ2n) is 4.99.